The van der Waals surface area contributed by atoms with Crippen molar-refractivity contribution in [2.24, 2.45) is 0 Å². The first kappa shape index (κ1) is 18.5. The van der Waals surface area contributed by atoms with Crippen LogP contribution in [-0.2, 0) is 17.0 Å². The van der Waals surface area contributed by atoms with E-state index in [1.807, 2.05) is 0 Å². The van der Waals surface area contributed by atoms with Crippen molar-refractivity contribution in [3.63, 3.8) is 0 Å². The first-order valence-electron chi connectivity index (χ1n) is 8.98. The molecule has 0 saturated carbocycles. The number of halogens is 1. The van der Waals surface area contributed by atoms with Crippen LogP contribution in [-0.4, -0.2) is 32.5 Å². The van der Waals surface area contributed by atoms with Crippen LogP contribution in [0.5, 0.6) is 0 Å². The summed E-state index contributed by atoms with van der Waals surface area (Å²) in [6.45, 7) is 5.42. The van der Waals surface area contributed by atoms with Gasteiger partial charge in [-0.3, -0.25) is 4.57 Å². The zero-order valence-electron chi connectivity index (χ0n) is 15.3. The van der Waals surface area contributed by atoms with E-state index in [1.54, 1.807) is 4.57 Å². The summed E-state index contributed by atoms with van der Waals surface area (Å²) in [4.78, 5) is 16.7. The summed E-state index contributed by atoms with van der Waals surface area (Å²) in [5.74, 6) is 0.588. The fourth-order valence-corrected chi connectivity index (χ4v) is 4.53. The van der Waals surface area contributed by atoms with E-state index in [9.17, 15) is 4.79 Å². The van der Waals surface area contributed by atoms with E-state index < -0.39 is 0 Å². The summed E-state index contributed by atoms with van der Waals surface area (Å²) < 4.78 is 7.29. The van der Waals surface area contributed by atoms with Gasteiger partial charge in [-0.2, -0.15) is 0 Å². The van der Waals surface area contributed by atoms with Gasteiger partial charge >= 0.3 is 5.69 Å². The summed E-state index contributed by atoms with van der Waals surface area (Å²) >= 11 is 7.91. The smallest absolute Gasteiger partial charge is 0.344 e. The highest BCUT2D eigenvalue weighted by Crippen LogP contribution is 2.29. The third-order valence-corrected chi connectivity index (χ3v) is 6.38. The van der Waals surface area contributed by atoms with E-state index >= 15 is 0 Å². The number of H-pyrrole nitrogens is 1. The van der Waals surface area contributed by atoms with Crippen LogP contribution in [0.4, 0.5) is 0 Å². The topological polar surface area (TPSA) is 72.8 Å². The number of aromatic nitrogens is 4. The molecule has 142 valence electrons. The van der Waals surface area contributed by atoms with Crippen LogP contribution in [0.3, 0.4) is 0 Å². The van der Waals surface area contributed by atoms with E-state index in [-0.39, 0.29) is 11.8 Å². The largest absolute Gasteiger partial charge is 0.376 e. The molecule has 0 radical (unpaired) electrons. The molecule has 0 aliphatic carbocycles. The monoisotopic (exact) mass is 404 g/mol. The molecule has 2 aromatic heterocycles. The van der Waals surface area contributed by atoms with Crippen molar-refractivity contribution < 1.29 is 4.74 Å². The predicted molar refractivity (Wildman–Crippen MR) is 108 cm³/mol. The van der Waals surface area contributed by atoms with Crippen LogP contribution in [0, 0.1) is 13.8 Å². The normalized spacial score (nSPS) is 17.1. The van der Waals surface area contributed by atoms with Gasteiger partial charge in [0.15, 0.2) is 5.16 Å². The molecule has 3 heterocycles. The Hall–Kier alpha value is -1.83. The molecule has 1 atom stereocenters. The maximum atomic E-state index is 12.1. The fourth-order valence-electron chi connectivity index (χ4n) is 3.31. The van der Waals surface area contributed by atoms with Gasteiger partial charge in [-0.1, -0.05) is 35.5 Å². The first-order valence-corrected chi connectivity index (χ1v) is 10.3. The minimum absolute atomic E-state index is 0.0804. The van der Waals surface area contributed by atoms with Crippen LogP contribution >= 0.6 is 23.4 Å². The molecule has 8 heteroatoms. The third-order valence-electron chi connectivity index (χ3n) is 5.03. The number of rotatable bonds is 5. The Labute approximate surface area is 166 Å². The first-order chi connectivity index (χ1) is 13.0. The molecule has 1 aliphatic rings. The molecule has 3 aromatic rings. The number of aryl methyl sites for hydroxylation is 2. The molecule has 4 rings (SSSR count). The molecule has 1 fully saturated rings. The lowest BCUT2D eigenvalue weighted by atomic mass is 10.0. The molecule has 0 bridgehead atoms. The van der Waals surface area contributed by atoms with Gasteiger partial charge in [-0.15, -0.1) is 5.10 Å². The number of nitrogens with zero attached hydrogens (tertiary/aromatic N) is 3. The Morgan fingerprint density at radius 1 is 1.41 bits per heavy atom. The number of fused-ring (bicyclic) bond motifs is 1. The van der Waals surface area contributed by atoms with Gasteiger partial charge in [0.25, 0.3) is 0 Å². The Balaban J connectivity index is 1.56. The highest BCUT2D eigenvalue weighted by atomic mass is 35.5. The van der Waals surface area contributed by atoms with Crippen LogP contribution < -0.4 is 5.69 Å². The molecule has 6 nitrogen and oxygen atoms in total. The zero-order chi connectivity index (χ0) is 19.0. The van der Waals surface area contributed by atoms with Gasteiger partial charge in [-0.05, 0) is 43.9 Å². The zero-order valence-corrected chi connectivity index (χ0v) is 16.9. The van der Waals surface area contributed by atoms with Gasteiger partial charge in [0.1, 0.15) is 5.15 Å². The molecule has 0 spiro atoms. The molecule has 0 unspecified atom stereocenters. The molecule has 1 aromatic carbocycles. The Bertz CT molecular complexity index is 1040. The van der Waals surface area contributed by atoms with E-state index in [1.165, 1.54) is 17.3 Å². The van der Waals surface area contributed by atoms with Gasteiger partial charge in [0.05, 0.1) is 18.2 Å². The van der Waals surface area contributed by atoms with E-state index in [0.29, 0.717) is 22.6 Å². The number of nitrogens with one attached hydrogen (secondary N) is 1. The maximum Gasteiger partial charge on any atom is 0.344 e. The minimum Gasteiger partial charge on any atom is -0.376 e. The highest BCUT2D eigenvalue weighted by Gasteiger charge is 2.20. The number of hydrogen-bond donors (Lipinski definition) is 1. The predicted octanol–water partition coefficient (Wildman–Crippen LogP) is 3.86. The summed E-state index contributed by atoms with van der Waals surface area (Å²) in [6, 6.07) is 6.23. The minimum atomic E-state index is -0.207. The number of aromatic amines is 1. The molecular weight excluding hydrogens is 384 g/mol. The third kappa shape index (κ3) is 3.77. The Kier molecular flexibility index (Phi) is 5.25. The number of ether oxygens (including phenoxy) is 1. The summed E-state index contributed by atoms with van der Waals surface area (Å²) in [7, 11) is 0. The lowest BCUT2D eigenvalue weighted by molar-refractivity contribution is 0.0941. The standard InChI is InChI=1S/C19H21ClN4O2S/c1-11-5-6-13-8-14(17(20)21-16(13)12(11)2)10-27-19-23-22-18(25)24(19)9-15-4-3-7-26-15/h5-6,8,15H,3-4,7,9-10H2,1-2H3,(H,22,25)/t15-/m0/s1. The molecule has 0 amide bonds. The Morgan fingerprint density at radius 3 is 3.04 bits per heavy atom. The van der Waals surface area contributed by atoms with Crippen molar-refractivity contribution >= 4 is 34.3 Å². The second-order valence-corrected chi connectivity index (χ2v) is 8.16. The van der Waals surface area contributed by atoms with Crippen molar-refractivity contribution in [3.8, 4) is 0 Å². The molecule has 1 aliphatic heterocycles. The summed E-state index contributed by atoms with van der Waals surface area (Å²) in [5, 5.41) is 8.90. The van der Waals surface area contributed by atoms with Gasteiger partial charge in [0.2, 0.25) is 0 Å². The lowest BCUT2D eigenvalue weighted by Gasteiger charge is -2.12. The maximum absolute atomic E-state index is 12.1. The van der Waals surface area contributed by atoms with Crippen molar-refractivity contribution in [1.29, 1.82) is 0 Å². The molecule has 1 N–H and O–H groups in total. The molecular formula is C19H21ClN4O2S. The molecule has 27 heavy (non-hydrogen) atoms. The molecule has 1 saturated heterocycles. The van der Waals surface area contributed by atoms with Gasteiger partial charge in [-0.25, -0.2) is 14.9 Å². The lowest BCUT2D eigenvalue weighted by Crippen LogP contribution is -2.24. The average molecular weight is 405 g/mol. The number of pyridine rings is 1. The number of benzene rings is 1. The van der Waals surface area contributed by atoms with E-state index in [4.69, 9.17) is 16.3 Å². The Morgan fingerprint density at radius 2 is 2.26 bits per heavy atom. The second-order valence-electron chi connectivity index (χ2n) is 6.86. The summed E-state index contributed by atoms with van der Waals surface area (Å²) in [6.07, 6.45) is 2.09. The van der Waals surface area contributed by atoms with Crippen molar-refractivity contribution in [3.05, 3.63) is 50.5 Å². The fraction of sp³-hybridized carbons (Fsp3) is 0.421. The van der Waals surface area contributed by atoms with Crippen molar-refractivity contribution in [2.75, 3.05) is 6.61 Å². The average Bonchev–Trinajstić information content (AvgIpc) is 3.29. The second kappa shape index (κ2) is 7.66. The summed E-state index contributed by atoms with van der Waals surface area (Å²) in [5.41, 5.74) is 4.00. The number of thioether (sulfide) groups is 1. The van der Waals surface area contributed by atoms with Crippen molar-refractivity contribution in [1.82, 2.24) is 19.7 Å². The van der Waals surface area contributed by atoms with Crippen LogP contribution in [0.15, 0.2) is 28.2 Å². The van der Waals surface area contributed by atoms with Crippen LogP contribution in [0.25, 0.3) is 10.9 Å². The number of hydrogen-bond acceptors (Lipinski definition) is 5. The SMILES string of the molecule is Cc1ccc2cc(CSc3n[nH]c(=O)n3C[C@@H]3CCCO3)c(Cl)nc2c1C. The van der Waals surface area contributed by atoms with Crippen molar-refractivity contribution in [2.45, 2.75) is 50.2 Å². The van der Waals surface area contributed by atoms with E-state index in [0.717, 1.165) is 41.5 Å². The van der Waals surface area contributed by atoms with Crippen LogP contribution in [0.2, 0.25) is 5.15 Å². The van der Waals surface area contributed by atoms with Gasteiger partial charge in [0, 0.05) is 23.3 Å². The van der Waals surface area contributed by atoms with E-state index in [2.05, 4.69) is 47.2 Å². The van der Waals surface area contributed by atoms with Crippen LogP contribution in [0.1, 0.15) is 29.5 Å². The van der Waals surface area contributed by atoms with Gasteiger partial charge < -0.3 is 4.74 Å². The quantitative estimate of drug-likeness (QED) is 0.516. The highest BCUT2D eigenvalue weighted by molar-refractivity contribution is 7.98.